The summed E-state index contributed by atoms with van der Waals surface area (Å²) in [7, 11) is 0. The second kappa shape index (κ2) is 5.39. The molecule has 0 bridgehead atoms. The molecule has 1 atom stereocenters. The third-order valence-electron chi connectivity index (χ3n) is 1.68. The number of hydrogen-bond acceptors (Lipinski definition) is 4. The fourth-order valence-corrected chi connectivity index (χ4v) is 1.37. The highest BCUT2D eigenvalue weighted by molar-refractivity contribution is 9.10. The molecule has 0 aliphatic carbocycles. The molecule has 0 amide bonds. The average molecular weight is 249 g/mol. The summed E-state index contributed by atoms with van der Waals surface area (Å²) in [6.45, 7) is 1.05. The largest absolute Gasteiger partial charge is 0.453 e. The van der Waals surface area contributed by atoms with Gasteiger partial charge in [-0.3, -0.25) is 0 Å². The first kappa shape index (κ1) is 10.7. The fraction of sp³-hybridized carbons (Fsp3) is 0.500. The molecule has 0 fully saturated rings. The number of aliphatic hydroxyl groups is 1. The highest BCUT2D eigenvalue weighted by Crippen LogP contribution is 2.19. The molecule has 74 valence electrons. The van der Waals surface area contributed by atoms with Gasteiger partial charge in [0.2, 0.25) is 0 Å². The molecule has 0 radical (unpaired) electrons. The van der Waals surface area contributed by atoms with Gasteiger partial charge in [-0.1, -0.05) is 0 Å². The Bertz CT molecular complexity index is 252. The molecule has 0 aliphatic rings. The zero-order valence-electron chi connectivity index (χ0n) is 7.16. The average Bonchev–Trinajstić information content (AvgIpc) is 2.54. The van der Waals surface area contributed by atoms with E-state index in [1.807, 2.05) is 12.1 Å². The van der Waals surface area contributed by atoms with Gasteiger partial charge in [0, 0.05) is 13.1 Å². The van der Waals surface area contributed by atoms with Crippen LogP contribution in [-0.4, -0.2) is 24.8 Å². The monoisotopic (exact) mass is 248 g/mol. The lowest BCUT2D eigenvalue weighted by molar-refractivity contribution is 0.279. The molecule has 0 aromatic carbocycles. The van der Waals surface area contributed by atoms with Crippen molar-refractivity contribution in [3.8, 4) is 0 Å². The molecule has 1 rings (SSSR count). The van der Waals surface area contributed by atoms with Crippen molar-refractivity contribution < 1.29 is 9.52 Å². The summed E-state index contributed by atoms with van der Waals surface area (Å²) in [4.78, 5) is 0. The Morgan fingerprint density at radius 2 is 2.38 bits per heavy atom. The molecule has 13 heavy (non-hydrogen) atoms. The molecule has 0 saturated heterocycles. The minimum Gasteiger partial charge on any atom is -0.453 e. The van der Waals surface area contributed by atoms with Gasteiger partial charge >= 0.3 is 0 Å². The molecule has 0 aliphatic heterocycles. The lowest BCUT2D eigenvalue weighted by Gasteiger charge is -2.12. The summed E-state index contributed by atoms with van der Waals surface area (Å²) in [6.07, 6.45) is 0. The molecule has 4 N–H and O–H groups in total. The van der Waals surface area contributed by atoms with E-state index in [-0.39, 0.29) is 12.6 Å². The Morgan fingerprint density at radius 3 is 2.85 bits per heavy atom. The first-order valence-corrected chi connectivity index (χ1v) is 4.86. The van der Waals surface area contributed by atoms with Crippen molar-refractivity contribution in [2.75, 3.05) is 19.7 Å². The number of furan rings is 1. The number of nitrogens with two attached hydrogens (primary N) is 1. The van der Waals surface area contributed by atoms with Gasteiger partial charge in [-0.05, 0) is 28.1 Å². The van der Waals surface area contributed by atoms with Crippen LogP contribution in [0.15, 0.2) is 21.2 Å². The van der Waals surface area contributed by atoms with Crippen molar-refractivity contribution in [1.29, 1.82) is 0 Å². The number of hydrogen-bond donors (Lipinski definition) is 3. The van der Waals surface area contributed by atoms with Crippen LogP contribution in [0.25, 0.3) is 0 Å². The lowest BCUT2D eigenvalue weighted by Crippen LogP contribution is -2.29. The second-order valence-electron chi connectivity index (χ2n) is 2.61. The predicted octanol–water partition coefficient (Wildman–Crippen LogP) is 0.624. The number of aliphatic hydroxyl groups excluding tert-OH is 1. The van der Waals surface area contributed by atoms with Crippen molar-refractivity contribution in [1.82, 2.24) is 5.32 Å². The van der Waals surface area contributed by atoms with Gasteiger partial charge in [0.1, 0.15) is 5.76 Å². The van der Waals surface area contributed by atoms with Gasteiger partial charge in [0.05, 0.1) is 12.6 Å². The van der Waals surface area contributed by atoms with E-state index in [9.17, 15) is 0 Å². The van der Waals surface area contributed by atoms with Gasteiger partial charge in [0.25, 0.3) is 0 Å². The van der Waals surface area contributed by atoms with Crippen LogP contribution in [0, 0.1) is 0 Å². The summed E-state index contributed by atoms with van der Waals surface area (Å²) in [5.74, 6) is 0.780. The van der Waals surface area contributed by atoms with Crippen molar-refractivity contribution in [3.63, 3.8) is 0 Å². The van der Waals surface area contributed by atoms with E-state index in [2.05, 4.69) is 21.2 Å². The third-order valence-corrected chi connectivity index (χ3v) is 2.10. The topological polar surface area (TPSA) is 71.4 Å². The Morgan fingerprint density at radius 1 is 1.62 bits per heavy atom. The van der Waals surface area contributed by atoms with Crippen LogP contribution in [0.3, 0.4) is 0 Å². The van der Waals surface area contributed by atoms with Gasteiger partial charge in [-0.25, -0.2) is 0 Å². The van der Waals surface area contributed by atoms with Crippen LogP contribution in [0.1, 0.15) is 11.8 Å². The second-order valence-corrected chi connectivity index (χ2v) is 3.39. The van der Waals surface area contributed by atoms with Crippen LogP contribution in [0.4, 0.5) is 0 Å². The van der Waals surface area contributed by atoms with E-state index in [0.717, 1.165) is 5.76 Å². The first-order chi connectivity index (χ1) is 6.27. The molecule has 0 saturated carbocycles. The van der Waals surface area contributed by atoms with Crippen molar-refractivity contribution >= 4 is 15.9 Å². The quantitative estimate of drug-likeness (QED) is 0.715. The third kappa shape index (κ3) is 3.11. The zero-order chi connectivity index (χ0) is 9.68. The highest BCUT2D eigenvalue weighted by atomic mass is 79.9. The van der Waals surface area contributed by atoms with E-state index in [1.165, 1.54) is 0 Å². The van der Waals surface area contributed by atoms with E-state index < -0.39 is 0 Å². The number of rotatable bonds is 5. The molecule has 0 spiro atoms. The summed E-state index contributed by atoms with van der Waals surface area (Å²) >= 11 is 3.21. The Balaban J connectivity index is 2.56. The molecule has 1 aromatic heterocycles. The summed E-state index contributed by atoms with van der Waals surface area (Å²) in [5.41, 5.74) is 5.54. The Kier molecular flexibility index (Phi) is 4.44. The Labute approximate surface area is 85.2 Å². The van der Waals surface area contributed by atoms with Crippen LogP contribution in [0.5, 0.6) is 0 Å². The summed E-state index contributed by atoms with van der Waals surface area (Å²) < 4.78 is 6.01. The van der Waals surface area contributed by atoms with Crippen LogP contribution in [-0.2, 0) is 0 Å². The summed E-state index contributed by atoms with van der Waals surface area (Å²) in [6, 6.07) is 3.64. The van der Waals surface area contributed by atoms with Crippen LogP contribution in [0.2, 0.25) is 0 Å². The van der Waals surface area contributed by atoms with Crippen molar-refractivity contribution in [3.05, 3.63) is 22.6 Å². The van der Waals surface area contributed by atoms with E-state index in [1.54, 1.807) is 0 Å². The van der Waals surface area contributed by atoms with E-state index in [0.29, 0.717) is 17.8 Å². The van der Waals surface area contributed by atoms with E-state index in [4.69, 9.17) is 15.3 Å². The normalized spacial score (nSPS) is 13.2. The van der Waals surface area contributed by atoms with Crippen molar-refractivity contribution in [2.24, 2.45) is 5.73 Å². The van der Waals surface area contributed by atoms with E-state index >= 15 is 0 Å². The number of halogens is 1. The van der Waals surface area contributed by atoms with Crippen LogP contribution < -0.4 is 11.1 Å². The molecular weight excluding hydrogens is 236 g/mol. The molecular formula is C8H13BrN2O2. The maximum absolute atomic E-state index is 8.62. The standard InChI is InChI=1S/C8H13BrN2O2/c9-8-2-1-7(13-8)6(5-10)11-3-4-12/h1-2,6,11-12H,3-5,10H2/t6-/m0/s1. The molecule has 0 unspecified atom stereocenters. The minimum atomic E-state index is -0.0292. The smallest absolute Gasteiger partial charge is 0.169 e. The molecule has 1 aromatic rings. The number of nitrogens with one attached hydrogen (secondary N) is 1. The van der Waals surface area contributed by atoms with Gasteiger partial charge in [-0.2, -0.15) is 0 Å². The minimum absolute atomic E-state index is 0.0292. The molecule has 5 heteroatoms. The maximum atomic E-state index is 8.62. The SMILES string of the molecule is NC[C@H](NCCO)c1ccc(Br)o1. The highest BCUT2D eigenvalue weighted by Gasteiger charge is 2.11. The van der Waals surface area contributed by atoms with Gasteiger partial charge in [-0.15, -0.1) is 0 Å². The zero-order valence-corrected chi connectivity index (χ0v) is 8.75. The lowest BCUT2D eigenvalue weighted by atomic mass is 10.2. The fourth-order valence-electron chi connectivity index (χ4n) is 1.05. The predicted molar refractivity (Wildman–Crippen MR) is 53.3 cm³/mol. The Hall–Kier alpha value is -0.360. The molecule has 1 heterocycles. The van der Waals surface area contributed by atoms with Crippen molar-refractivity contribution in [2.45, 2.75) is 6.04 Å². The summed E-state index contributed by atoms with van der Waals surface area (Å²) in [5, 5.41) is 11.7. The van der Waals surface area contributed by atoms with Gasteiger partial charge in [0.15, 0.2) is 4.67 Å². The molecule has 4 nitrogen and oxygen atoms in total. The maximum Gasteiger partial charge on any atom is 0.169 e. The first-order valence-electron chi connectivity index (χ1n) is 4.07. The van der Waals surface area contributed by atoms with Gasteiger partial charge < -0.3 is 20.6 Å². The van der Waals surface area contributed by atoms with Crippen LogP contribution >= 0.6 is 15.9 Å².